The lowest BCUT2D eigenvalue weighted by Crippen LogP contribution is -2.48. The molecule has 28 heavy (non-hydrogen) atoms. The van der Waals surface area contributed by atoms with E-state index in [0.29, 0.717) is 19.0 Å². The van der Waals surface area contributed by atoms with Crippen LogP contribution in [0.2, 0.25) is 0 Å². The molecule has 0 radical (unpaired) electrons. The van der Waals surface area contributed by atoms with E-state index in [1.807, 2.05) is 6.92 Å². The fraction of sp³-hybridized carbons (Fsp3) is 0.947. The molecule has 166 valence electrons. The number of nitrogens with zero attached hydrogens (tertiary/aromatic N) is 3. The molecule has 2 fully saturated rings. The number of nitrogens with one attached hydrogen (secondary N) is 2. The maximum Gasteiger partial charge on any atom is 0.191 e. The zero-order valence-corrected chi connectivity index (χ0v) is 20.1. The van der Waals surface area contributed by atoms with Gasteiger partial charge >= 0.3 is 0 Å². The lowest BCUT2D eigenvalue weighted by atomic mass is 10.1. The van der Waals surface area contributed by atoms with Crippen LogP contribution in [-0.4, -0.2) is 112 Å². The van der Waals surface area contributed by atoms with Crippen LogP contribution in [-0.2, 0) is 9.47 Å². The van der Waals surface area contributed by atoms with E-state index in [1.165, 1.54) is 0 Å². The average Bonchev–Trinajstić information content (AvgIpc) is 2.65. The second-order valence-corrected chi connectivity index (χ2v) is 7.98. The summed E-state index contributed by atoms with van der Waals surface area (Å²) < 4.78 is 10.8. The molecule has 0 saturated carbocycles. The van der Waals surface area contributed by atoms with Crippen LogP contribution >= 0.6 is 24.0 Å². The minimum absolute atomic E-state index is 0. The Labute approximate surface area is 187 Å². The summed E-state index contributed by atoms with van der Waals surface area (Å²) in [7, 11) is 0. The number of hydrogen-bond donors (Lipinski definition) is 3. The van der Waals surface area contributed by atoms with Crippen molar-refractivity contribution < 1.29 is 14.6 Å². The van der Waals surface area contributed by atoms with Gasteiger partial charge < -0.3 is 25.2 Å². The van der Waals surface area contributed by atoms with Crippen molar-refractivity contribution in [3.63, 3.8) is 0 Å². The molecule has 0 aliphatic carbocycles. The van der Waals surface area contributed by atoms with Gasteiger partial charge in [-0.3, -0.25) is 14.8 Å². The van der Waals surface area contributed by atoms with Crippen LogP contribution < -0.4 is 10.6 Å². The van der Waals surface area contributed by atoms with E-state index in [2.05, 4.69) is 39.3 Å². The quantitative estimate of drug-likeness (QED) is 0.231. The molecule has 0 aromatic carbocycles. The van der Waals surface area contributed by atoms with Crippen LogP contribution in [0, 0.1) is 5.92 Å². The van der Waals surface area contributed by atoms with Gasteiger partial charge in [-0.25, -0.2) is 0 Å². The predicted octanol–water partition coefficient (Wildman–Crippen LogP) is 0.211. The summed E-state index contributed by atoms with van der Waals surface area (Å²) in [4.78, 5) is 9.31. The first-order chi connectivity index (χ1) is 13.0. The number of aliphatic imine (C=N–C) groups is 1. The molecule has 2 atom stereocenters. The Morgan fingerprint density at radius 1 is 1.07 bits per heavy atom. The molecule has 2 rings (SSSR count). The Kier molecular flexibility index (Phi) is 12.8. The predicted molar refractivity (Wildman–Crippen MR) is 124 cm³/mol. The van der Waals surface area contributed by atoms with Gasteiger partial charge in [0.15, 0.2) is 5.96 Å². The number of morpholine rings is 2. The molecule has 0 amide bonds. The largest absolute Gasteiger partial charge is 0.387 e. The number of hydrogen-bond acceptors (Lipinski definition) is 6. The fourth-order valence-corrected chi connectivity index (χ4v) is 3.44. The standard InChI is InChI=1S/C19H39N5O3.HI/c1-4-20-18(21-13-17(2)14-23-5-9-26-10-6-23)22-15-19(3,25)16-24-7-11-27-12-8-24;/h17,25H,4-16H2,1-3H3,(H2,20,21,22);1H. The third-order valence-corrected chi connectivity index (χ3v) is 4.88. The van der Waals surface area contributed by atoms with Gasteiger partial charge in [-0.2, -0.15) is 0 Å². The molecular weight excluding hydrogens is 473 g/mol. The molecule has 8 nitrogen and oxygen atoms in total. The van der Waals surface area contributed by atoms with E-state index in [0.717, 1.165) is 78.2 Å². The summed E-state index contributed by atoms with van der Waals surface area (Å²) in [6.45, 7) is 16.8. The summed E-state index contributed by atoms with van der Waals surface area (Å²) in [5, 5.41) is 17.4. The Morgan fingerprint density at radius 3 is 2.21 bits per heavy atom. The van der Waals surface area contributed by atoms with Crippen LogP contribution in [0.25, 0.3) is 0 Å². The first kappa shape index (κ1) is 25.8. The van der Waals surface area contributed by atoms with Gasteiger partial charge in [-0.15, -0.1) is 24.0 Å². The summed E-state index contributed by atoms with van der Waals surface area (Å²) >= 11 is 0. The number of halogens is 1. The van der Waals surface area contributed by atoms with E-state index in [4.69, 9.17) is 9.47 Å². The molecule has 2 aliphatic rings. The Balaban J connectivity index is 0.00000392. The normalized spacial score (nSPS) is 22.8. The molecule has 2 aliphatic heterocycles. The van der Waals surface area contributed by atoms with Crippen molar-refractivity contribution in [3.05, 3.63) is 0 Å². The fourth-order valence-electron chi connectivity index (χ4n) is 3.44. The SMILES string of the molecule is CCNC(=NCC(C)(O)CN1CCOCC1)NCC(C)CN1CCOCC1.I. The first-order valence-electron chi connectivity index (χ1n) is 10.3. The van der Waals surface area contributed by atoms with Crippen molar-refractivity contribution >= 4 is 29.9 Å². The summed E-state index contributed by atoms with van der Waals surface area (Å²) in [6, 6.07) is 0. The maximum atomic E-state index is 10.7. The Bertz CT molecular complexity index is 441. The van der Waals surface area contributed by atoms with E-state index < -0.39 is 5.60 Å². The van der Waals surface area contributed by atoms with Crippen molar-refractivity contribution in [1.82, 2.24) is 20.4 Å². The Hall–Kier alpha value is -0.200. The molecule has 2 heterocycles. The van der Waals surface area contributed by atoms with E-state index in [9.17, 15) is 5.11 Å². The van der Waals surface area contributed by atoms with Crippen LogP contribution in [0.15, 0.2) is 4.99 Å². The lowest BCUT2D eigenvalue weighted by molar-refractivity contribution is -0.0180. The smallest absolute Gasteiger partial charge is 0.191 e. The zero-order valence-electron chi connectivity index (χ0n) is 17.8. The summed E-state index contributed by atoms with van der Waals surface area (Å²) in [6.07, 6.45) is 0. The number of β-amino-alcohol motifs (C(OH)–C–C–N with tert-alkyl or cyclic N) is 1. The van der Waals surface area contributed by atoms with E-state index in [1.54, 1.807) is 0 Å². The highest BCUT2D eigenvalue weighted by Crippen LogP contribution is 2.09. The van der Waals surface area contributed by atoms with E-state index in [-0.39, 0.29) is 24.0 Å². The second-order valence-electron chi connectivity index (χ2n) is 7.98. The molecule has 0 aromatic heterocycles. The monoisotopic (exact) mass is 513 g/mol. The van der Waals surface area contributed by atoms with Crippen molar-refractivity contribution in [3.8, 4) is 0 Å². The minimum Gasteiger partial charge on any atom is -0.387 e. The number of aliphatic hydroxyl groups is 1. The topological polar surface area (TPSA) is 81.6 Å². The van der Waals surface area contributed by atoms with Gasteiger partial charge in [-0.05, 0) is 19.8 Å². The molecule has 0 aromatic rings. The van der Waals surface area contributed by atoms with Crippen molar-refractivity contribution in [2.24, 2.45) is 10.9 Å². The highest BCUT2D eigenvalue weighted by molar-refractivity contribution is 14.0. The van der Waals surface area contributed by atoms with Gasteiger partial charge in [0.25, 0.3) is 0 Å². The highest BCUT2D eigenvalue weighted by Gasteiger charge is 2.25. The van der Waals surface area contributed by atoms with E-state index >= 15 is 0 Å². The number of rotatable bonds is 9. The first-order valence-corrected chi connectivity index (χ1v) is 10.3. The average molecular weight is 513 g/mol. The highest BCUT2D eigenvalue weighted by atomic mass is 127. The van der Waals surface area contributed by atoms with Gasteiger partial charge in [0.2, 0.25) is 0 Å². The molecule has 0 spiro atoms. The van der Waals surface area contributed by atoms with Crippen LogP contribution in [0.5, 0.6) is 0 Å². The molecule has 2 unspecified atom stereocenters. The minimum atomic E-state index is -0.848. The van der Waals surface area contributed by atoms with Crippen molar-refractivity contribution in [2.45, 2.75) is 26.4 Å². The van der Waals surface area contributed by atoms with Gasteiger partial charge in [0, 0.05) is 52.4 Å². The van der Waals surface area contributed by atoms with Crippen LogP contribution in [0.3, 0.4) is 0 Å². The van der Waals surface area contributed by atoms with Crippen LogP contribution in [0.1, 0.15) is 20.8 Å². The Morgan fingerprint density at radius 2 is 1.64 bits per heavy atom. The lowest BCUT2D eigenvalue weighted by Gasteiger charge is -2.33. The van der Waals surface area contributed by atoms with Gasteiger partial charge in [-0.1, -0.05) is 6.92 Å². The third kappa shape index (κ3) is 10.5. The van der Waals surface area contributed by atoms with Crippen molar-refractivity contribution in [1.29, 1.82) is 0 Å². The number of ether oxygens (including phenoxy) is 2. The second kappa shape index (κ2) is 13.9. The molecule has 2 saturated heterocycles. The maximum absolute atomic E-state index is 10.7. The molecular formula is C19H40IN5O3. The summed E-state index contributed by atoms with van der Waals surface area (Å²) in [5.74, 6) is 1.29. The molecule has 3 N–H and O–H groups in total. The number of guanidine groups is 1. The summed E-state index contributed by atoms with van der Waals surface area (Å²) in [5.41, 5.74) is -0.848. The third-order valence-electron chi connectivity index (χ3n) is 4.88. The van der Waals surface area contributed by atoms with Crippen LogP contribution in [0.4, 0.5) is 0 Å². The molecule has 9 heteroatoms. The van der Waals surface area contributed by atoms with Gasteiger partial charge in [0.05, 0.1) is 38.6 Å². The van der Waals surface area contributed by atoms with Crippen molar-refractivity contribution in [2.75, 3.05) is 85.3 Å². The van der Waals surface area contributed by atoms with Gasteiger partial charge in [0.1, 0.15) is 0 Å². The zero-order chi connectivity index (χ0) is 19.5. The molecule has 0 bridgehead atoms.